The fourth-order valence-electron chi connectivity index (χ4n) is 1.02. The molecule has 0 aromatic heterocycles. The van der Waals surface area contributed by atoms with Gasteiger partial charge in [-0.25, -0.2) is 4.39 Å². The number of hydrogen-bond donors (Lipinski definition) is 1. The number of hydrogen-bond acceptors (Lipinski definition) is 2. The summed E-state index contributed by atoms with van der Waals surface area (Å²) >= 11 is 1.53. The molecular weight excluding hydrogens is 197 g/mol. The normalized spacial score (nSPS) is 11.7. The van der Waals surface area contributed by atoms with E-state index in [1.807, 2.05) is 24.3 Å². The van der Waals surface area contributed by atoms with Gasteiger partial charge in [0.25, 0.3) is 0 Å². The van der Waals surface area contributed by atoms with Gasteiger partial charge in [0, 0.05) is 17.2 Å². The second-order valence-corrected chi connectivity index (χ2v) is 4.91. The van der Waals surface area contributed by atoms with Crippen LogP contribution in [-0.4, -0.2) is 11.4 Å². The van der Waals surface area contributed by atoms with E-state index >= 15 is 0 Å². The second-order valence-electron chi connectivity index (χ2n) is 3.86. The van der Waals surface area contributed by atoms with Crippen LogP contribution in [0, 0.1) is 0 Å². The standard InChI is InChI=1S/C11H16FNS/c1-11(2,12)8-14-10-5-3-4-9(6-10)7-13/h3-6H,7-8,13H2,1-2H3. The summed E-state index contributed by atoms with van der Waals surface area (Å²) in [6.07, 6.45) is 0. The molecule has 1 nitrogen and oxygen atoms in total. The van der Waals surface area contributed by atoms with Crippen molar-refractivity contribution in [3.8, 4) is 0 Å². The van der Waals surface area contributed by atoms with Gasteiger partial charge in [-0.2, -0.15) is 0 Å². The van der Waals surface area contributed by atoms with Crippen molar-refractivity contribution in [2.24, 2.45) is 5.73 Å². The van der Waals surface area contributed by atoms with Gasteiger partial charge in [-0.3, -0.25) is 0 Å². The molecule has 0 bridgehead atoms. The average molecular weight is 213 g/mol. The Hall–Kier alpha value is -0.540. The highest BCUT2D eigenvalue weighted by molar-refractivity contribution is 7.99. The van der Waals surface area contributed by atoms with Crippen molar-refractivity contribution in [1.29, 1.82) is 0 Å². The maximum atomic E-state index is 13.2. The summed E-state index contributed by atoms with van der Waals surface area (Å²) in [5, 5.41) is 0. The van der Waals surface area contributed by atoms with E-state index in [1.165, 1.54) is 11.8 Å². The minimum Gasteiger partial charge on any atom is -0.326 e. The van der Waals surface area contributed by atoms with Crippen molar-refractivity contribution in [3.05, 3.63) is 29.8 Å². The van der Waals surface area contributed by atoms with Crippen molar-refractivity contribution in [1.82, 2.24) is 0 Å². The number of halogens is 1. The molecule has 0 heterocycles. The van der Waals surface area contributed by atoms with Gasteiger partial charge in [0.2, 0.25) is 0 Å². The third-order valence-electron chi connectivity index (χ3n) is 1.72. The molecule has 0 aliphatic rings. The van der Waals surface area contributed by atoms with E-state index in [9.17, 15) is 4.39 Å². The quantitative estimate of drug-likeness (QED) is 0.778. The SMILES string of the molecule is CC(C)(F)CSc1cccc(CN)c1. The maximum Gasteiger partial charge on any atom is 0.114 e. The largest absolute Gasteiger partial charge is 0.326 e. The molecule has 0 aliphatic carbocycles. The van der Waals surface area contributed by atoms with Gasteiger partial charge in [-0.1, -0.05) is 12.1 Å². The summed E-state index contributed by atoms with van der Waals surface area (Å²) in [5.74, 6) is 0.473. The minimum atomic E-state index is -1.12. The second kappa shape index (κ2) is 4.80. The van der Waals surface area contributed by atoms with Crippen molar-refractivity contribution in [2.45, 2.75) is 31.0 Å². The van der Waals surface area contributed by atoms with Gasteiger partial charge in [0.15, 0.2) is 0 Å². The molecular formula is C11H16FNS. The molecule has 1 rings (SSSR count). The summed E-state index contributed by atoms with van der Waals surface area (Å²) in [6, 6.07) is 7.92. The highest BCUT2D eigenvalue weighted by atomic mass is 32.2. The molecule has 0 aliphatic heterocycles. The Kier molecular flexibility index (Phi) is 3.96. The molecule has 2 N–H and O–H groups in total. The highest BCUT2D eigenvalue weighted by Gasteiger charge is 2.15. The molecule has 0 amide bonds. The van der Waals surface area contributed by atoms with Crippen LogP contribution < -0.4 is 5.73 Å². The highest BCUT2D eigenvalue weighted by Crippen LogP contribution is 2.25. The van der Waals surface area contributed by atoms with Crippen molar-refractivity contribution in [3.63, 3.8) is 0 Å². The lowest BCUT2D eigenvalue weighted by Crippen LogP contribution is -2.14. The summed E-state index contributed by atoms with van der Waals surface area (Å²) in [4.78, 5) is 1.08. The van der Waals surface area contributed by atoms with Gasteiger partial charge < -0.3 is 5.73 Å². The third-order valence-corrected chi connectivity index (χ3v) is 3.13. The van der Waals surface area contributed by atoms with Crippen LogP contribution >= 0.6 is 11.8 Å². The molecule has 0 saturated carbocycles. The number of rotatable bonds is 4. The van der Waals surface area contributed by atoms with Crippen LogP contribution in [0.2, 0.25) is 0 Å². The van der Waals surface area contributed by atoms with Crippen molar-refractivity contribution in [2.75, 3.05) is 5.75 Å². The number of nitrogens with two attached hydrogens (primary N) is 1. The summed E-state index contributed by atoms with van der Waals surface area (Å²) in [6.45, 7) is 3.72. The molecule has 0 radical (unpaired) electrons. The van der Waals surface area contributed by atoms with E-state index in [0.29, 0.717) is 12.3 Å². The molecule has 0 saturated heterocycles. The van der Waals surface area contributed by atoms with E-state index < -0.39 is 5.67 Å². The van der Waals surface area contributed by atoms with E-state index in [4.69, 9.17) is 5.73 Å². The van der Waals surface area contributed by atoms with Crippen LogP contribution in [0.15, 0.2) is 29.2 Å². The van der Waals surface area contributed by atoms with Crippen molar-refractivity contribution >= 4 is 11.8 Å². The first kappa shape index (κ1) is 11.5. The van der Waals surface area contributed by atoms with Gasteiger partial charge in [0.05, 0.1) is 0 Å². The molecule has 1 aromatic rings. The molecule has 0 unspecified atom stereocenters. The first-order valence-electron chi connectivity index (χ1n) is 4.62. The zero-order valence-electron chi connectivity index (χ0n) is 8.59. The van der Waals surface area contributed by atoms with E-state index in [-0.39, 0.29) is 0 Å². The Morgan fingerprint density at radius 2 is 2.14 bits per heavy atom. The van der Waals surface area contributed by atoms with E-state index in [0.717, 1.165) is 10.5 Å². The Morgan fingerprint density at radius 3 is 2.71 bits per heavy atom. The minimum absolute atomic E-state index is 0.473. The number of alkyl halides is 1. The van der Waals surface area contributed by atoms with Gasteiger partial charge in [0.1, 0.15) is 5.67 Å². The van der Waals surface area contributed by atoms with Gasteiger partial charge >= 0.3 is 0 Å². The Bertz CT molecular complexity index is 294. The fourth-order valence-corrected chi connectivity index (χ4v) is 1.94. The maximum absolute atomic E-state index is 13.2. The Morgan fingerprint density at radius 1 is 1.43 bits per heavy atom. The van der Waals surface area contributed by atoms with Crippen LogP contribution in [0.3, 0.4) is 0 Å². The molecule has 1 aromatic carbocycles. The first-order chi connectivity index (χ1) is 6.51. The smallest absolute Gasteiger partial charge is 0.114 e. The molecule has 0 atom stereocenters. The topological polar surface area (TPSA) is 26.0 Å². The Labute approximate surface area is 88.9 Å². The summed E-state index contributed by atoms with van der Waals surface area (Å²) in [7, 11) is 0. The lowest BCUT2D eigenvalue weighted by Gasteiger charge is -2.13. The van der Waals surface area contributed by atoms with Crippen LogP contribution in [0.1, 0.15) is 19.4 Å². The van der Waals surface area contributed by atoms with E-state index in [2.05, 4.69) is 0 Å². The van der Waals surface area contributed by atoms with Crippen LogP contribution in [0.4, 0.5) is 4.39 Å². The van der Waals surface area contributed by atoms with Gasteiger partial charge in [-0.15, -0.1) is 11.8 Å². The first-order valence-corrected chi connectivity index (χ1v) is 5.60. The summed E-state index contributed by atoms with van der Waals surface area (Å²) in [5.41, 5.74) is 5.49. The summed E-state index contributed by atoms with van der Waals surface area (Å²) < 4.78 is 13.2. The molecule has 0 fully saturated rings. The average Bonchev–Trinajstić information content (AvgIpc) is 2.14. The van der Waals surface area contributed by atoms with E-state index in [1.54, 1.807) is 13.8 Å². The van der Waals surface area contributed by atoms with Crippen LogP contribution in [0.5, 0.6) is 0 Å². The fraction of sp³-hybridized carbons (Fsp3) is 0.455. The predicted octanol–water partition coefficient (Wildman–Crippen LogP) is 2.99. The molecule has 0 spiro atoms. The van der Waals surface area contributed by atoms with Crippen LogP contribution in [0.25, 0.3) is 0 Å². The zero-order valence-corrected chi connectivity index (χ0v) is 9.40. The molecule has 78 valence electrons. The van der Waals surface area contributed by atoms with Gasteiger partial charge in [-0.05, 0) is 31.5 Å². The lowest BCUT2D eigenvalue weighted by molar-refractivity contribution is 0.253. The molecule has 14 heavy (non-hydrogen) atoms. The number of benzene rings is 1. The molecule has 3 heteroatoms. The number of thioether (sulfide) groups is 1. The zero-order chi connectivity index (χ0) is 10.6. The monoisotopic (exact) mass is 213 g/mol. The Balaban J connectivity index is 2.59. The van der Waals surface area contributed by atoms with Crippen LogP contribution in [-0.2, 0) is 6.54 Å². The predicted molar refractivity (Wildman–Crippen MR) is 60.2 cm³/mol. The third kappa shape index (κ3) is 4.11. The lowest BCUT2D eigenvalue weighted by atomic mass is 10.2. The van der Waals surface area contributed by atoms with Crippen molar-refractivity contribution < 1.29 is 4.39 Å².